The van der Waals surface area contributed by atoms with Crippen LogP contribution in [0.3, 0.4) is 0 Å². The summed E-state index contributed by atoms with van der Waals surface area (Å²) in [4.78, 5) is 26.2. The van der Waals surface area contributed by atoms with E-state index in [9.17, 15) is 4.79 Å². The Morgan fingerprint density at radius 2 is 1.86 bits per heavy atom. The molecule has 0 aliphatic carbocycles. The van der Waals surface area contributed by atoms with Gasteiger partial charge in [0.2, 0.25) is 5.56 Å². The van der Waals surface area contributed by atoms with E-state index in [4.69, 9.17) is 4.74 Å². The van der Waals surface area contributed by atoms with Crippen molar-refractivity contribution in [3.8, 4) is 28.1 Å². The van der Waals surface area contributed by atoms with Crippen LogP contribution in [0.25, 0.3) is 38.9 Å². The number of aromatic amines is 1. The van der Waals surface area contributed by atoms with E-state index in [0.29, 0.717) is 6.61 Å². The molecule has 9 nitrogen and oxygen atoms in total. The van der Waals surface area contributed by atoms with Gasteiger partial charge in [-0.05, 0) is 29.8 Å². The van der Waals surface area contributed by atoms with Gasteiger partial charge in [0.15, 0.2) is 5.65 Å². The Bertz CT molecular complexity index is 1540. The molecule has 2 N–H and O–H groups in total. The minimum atomic E-state index is -0.124. The van der Waals surface area contributed by atoms with E-state index in [-0.39, 0.29) is 5.56 Å². The first kappa shape index (κ1) is 21.5. The predicted octanol–water partition coefficient (Wildman–Crippen LogP) is 2.58. The quantitative estimate of drug-likeness (QED) is 0.396. The van der Waals surface area contributed by atoms with Crippen LogP contribution in [-0.2, 0) is 0 Å². The molecule has 0 unspecified atom stereocenters. The first-order valence-electron chi connectivity index (χ1n) is 11.7. The van der Waals surface area contributed by atoms with Crippen LogP contribution in [0.4, 0.5) is 0 Å². The monoisotopic (exact) mass is 467 g/mol. The SMILES string of the molecule is O=c1ccc2c(-c3cnn4cc(-c5ccc(OCCN6CCNCC6)cn5)cnc34)cccc2[nH]1. The van der Waals surface area contributed by atoms with Crippen LogP contribution >= 0.6 is 0 Å². The third-order valence-corrected chi connectivity index (χ3v) is 6.33. The van der Waals surface area contributed by atoms with Gasteiger partial charge < -0.3 is 15.0 Å². The second kappa shape index (κ2) is 9.28. The molecule has 0 radical (unpaired) electrons. The molecule has 9 heteroatoms. The maximum absolute atomic E-state index is 11.7. The molecule has 0 spiro atoms. The third-order valence-electron chi connectivity index (χ3n) is 6.33. The lowest BCUT2D eigenvalue weighted by atomic mass is 10.0. The fourth-order valence-corrected chi connectivity index (χ4v) is 4.48. The number of rotatable bonds is 6. The summed E-state index contributed by atoms with van der Waals surface area (Å²) in [6.45, 7) is 5.76. The van der Waals surface area contributed by atoms with Crippen LogP contribution in [0.1, 0.15) is 0 Å². The number of nitrogens with one attached hydrogen (secondary N) is 2. The van der Waals surface area contributed by atoms with Crippen molar-refractivity contribution in [3.63, 3.8) is 0 Å². The Morgan fingerprint density at radius 1 is 0.943 bits per heavy atom. The fourth-order valence-electron chi connectivity index (χ4n) is 4.48. The molecule has 5 heterocycles. The highest BCUT2D eigenvalue weighted by atomic mass is 16.5. The predicted molar refractivity (Wildman–Crippen MR) is 135 cm³/mol. The summed E-state index contributed by atoms with van der Waals surface area (Å²) in [5.41, 5.74) is 4.92. The molecule has 176 valence electrons. The van der Waals surface area contributed by atoms with Gasteiger partial charge in [-0.1, -0.05) is 12.1 Å². The van der Waals surface area contributed by atoms with E-state index in [2.05, 4.69) is 30.3 Å². The lowest BCUT2D eigenvalue weighted by molar-refractivity contribution is 0.191. The van der Waals surface area contributed by atoms with E-state index < -0.39 is 0 Å². The van der Waals surface area contributed by atoms with Crippen molar-refractivity contribution < 1.29 is 4.74 Å². The summed E-state index contributed by atoms with van der Waals surface area (Å²) in [7, 11) is 0. The van der Waals surface area contributed by atoms with Gasteiger partial charge in [-0.15, -0.1) is 0 Å². The van der Waals surface area contributed by atoms with E-state index in [1.807, 2.05) is 42.6 Å². The lowest BCUT2D eigenvalue weighted by Gasteiger charge is -2.26. The van der Waals surface area contributed by atoms with E-state index in [0.717, 1.165) is 77.4 Å². The number of hydrogen-bond acceptors (Lipinski definition) is 7. The summed E-state index contributed by atoms with van der Waals surface area (Å²) in [6, 6.07) is 13.1. The average molecular weight is 468 g/mol. The van der Waals surface area contributed by atoms with Gasteiger partial charge in [0.1, 0.15) is 12.4 Å². The van der Waals surface area contributed by atoms with Gasteiger partial charge in [0.05, 0.1) is 18.1 Å². The van der Waals surface area contributed by atoms with Crippen molar-refractivity contribution >= 4 is 16.6 Å². The van der Waals surface area contributed by atoms with Crippen LogP contribution in [0.5, 0.6) is 5.75 Å². The molecule has 4 aromatic heterocycles. The van der Waals surface area contributed by atoms with Crippen molar-refractivity contribution in [2.45, 2.75) is 0 Å². The van der Waals surface area contributed by atoms with Crippen LogP contribution in [0.15, 0.2) is 72.0 Å². The number of aromatic nitrogens is 5. The second-order valence-corrected chi connectivity index (χ2v) is 8.58. The van der Waals surface area contributed by atoms with Crippen molar-refractivity contribution in [2.24, 2.45) is 0 Å². The molecule has 0 bridgehead atoms. The Morgan fingerprint density at radius 3 is 2.71 bits per heavy atom. The van der Waals surface area contributed by atoms with Gasteiger partial charge >= 0.3 is 0 Å². The van der Waals surface area contributed by atoms with Crippen molar-refractivity contribution in [1.82, 2.24) is 34.8 Å². The topological polar surface area (TPSA) is 100 Å². The standard InChI is InChI=1S/C26H25N7O2/c34-25-7-5-21-20(2-1-3-24(21)31-25)22-16-30-33-17-18(14-29-26(22)33)23-6-4-19(15-28-23)35-13-12-32-10-8-27-9-11-32/h1-7,14-17,27H,8-13H2,(H,31,34). The molecule has 1 aliphatic rings. The number of pyridine rings is 2. The first-order valence-corrected chi connectivity index (χ1v) is 11.7. The molecular formula is C26H25N7O2. The minimum absolute atomic E-state index is 0.124. The van der Waals surface area contributed by atoms with Gasteiger partial charge in [0.25, 0.3) is 0 Å². The van der Waals surface area contributed by atoms with Crippen molar-refractivity contribution in [1.29, 1.82) is 0 Å². The zero-order valence-corrected chi connectivity index (χ0v) is 19.1. The molecule has 1 fully saturated rings. The van der Waals surface area contributed by atoms with Crippen LogP contribution in [0.2, 0.25) is 0 Å². The fraction of sp³-hybridized carbons (Fsp3) is 0.231. The Hall–Kier alpha value is -4.08. The van der Waals surface area contributed by atoms with Gasteiger partial charge in [-0.25, -0.2) is 9.50 Å². The number of nitrogens with zero attached hydrogens (tertiary/aromatic N) is 5. The van der Waals surface area contributed by atoms with Gasteiger partial charge in [-0.2, -0.15) is 5.10 Å². The highest BCUT2D eigenvalue weighted by Gasteiger charge is 2.13. The number of piperazine rings is 1. The highest BCUT2D eigenvalue weighted by molar-refractivity contribution is 5.97. The molecule has 5 aromatic rings. The molecular weight excluding hydrogens is 442 g/mol. The van der Waals surface area contributed by atoms with Crippen LogP contribution in [0, 0.1) is 0 Å². The van der Waals surface area contributed by atoms with Gasteiger partial charge in [-0.3, -0.25) is 14.7 Å². The summed E-state index contributed by atoms with van der Waals surface area (Å²) >= 11 is 0. The molecule has 1 saturated heterocycles. The summed E-state index contributed by atoms with van der Waals surface area (Å²) in [5.74, 6) is 0.758. The number of benzene rings is 1. The largest absolute Gasteiger partial charge is 0.491 e. The van der Waals surface area contributed by atoms with E-state index >= 15 is 0 Å². The molecule has 1 aliphatic heterocycles. The van der Waals surface area contributed by atoms with Crippen molar-refractivity contribution in [2.75, 3.05) is 39.3 Å². The molecule has 0 amide bonds. The maximum Gasteiger partial charge on any atom is 0.248 e. The zero-order valence-electron chi connectivity index (χ0n) is 19.1. The molecule has 6 rings (SSSR count). The Kier molecular flexibility index (Phi) is 5.69. The van der Waals surface area contributed by atoms with Gasteiger partial charge in [0, 0.05) is 73.2 Å². The number of ether oxygens (including phenoxy) is 1. The minimum Gasteiger partial charge on any atom is -0.491 e. The molecule has 35 heavy (non-hydrogen) atoms. The lowest BCUT2D eigenvalue weighted by Crippen LogP contribution is -2.44. The van der Waals surface area contributed by atoms with Crippen molar-refractivity contribution in [3.05, 3.63) is 77.6 Å². The van der Waals surface area contributed by atoms with Crippen LogP contribution < -0.4 is 15.6 Å². The van der Waals surface area contributed by atoms with Crippen LogP contribution in [-0.4, -0.2) is 68.8 Å². The highest BCUT2D eigenvalue weighted by Crippen LogP contribution is 2.30. The average Bonchev–Trinajstić information content (AvgIpc) is 3.32. The molecule has 0 saturated carbocycles. The summed E-state index contributed by atoms with van der Waals surface area (Å²) < 4.78 is 7.64. The molecule has 0 atom stereocenters. The number of fused-ring (bicyclic) bond motifs is 2. The second-order valence-electron chi connectivity index (χ2n) is 8.58. The number of H-pyrrole nitrogens is 1. The van der Waals surface area contributed by atoms with E-state index in [1.54, 1.807) is 23.1 Å². The Balaban J connectivity index is 1.21. The Labute approximate surface area is 201 Å². The first-order chi connectivity index (χ1) is 17.2. The summed E-state index contributed by atoms with van der Waals surface area (Å²) in [5, 5.41) is 8.83. The smallest absolute Gasteiger partial charge is 0.248 e. The van der Waals surface area contributed by atoms with E-state index in [1.165, 1.54) is 6.07 Å². The number of hydrogen-bond donors (Lipinski definition) is 2. The maximum atomic E-state index is 11.7. The zero-order chi connectivity index (χ0) is 23.6. The third kappa shape index (κ3) is 4.39. The normalized spacial score (nSPS) is 14.5. The molecule has 1 aromatic carbocycles. The summed E-state index contributed by atoms with van der Waals surface area (Å²) in [6.07, 6.45) is 7.28.